The van der Waals surface area contributed by atoms with Crippen LogP contribution in [0.1, 0.15) is 71.7 Å². The van der Waals surface area contributed by atoms with Crippen molar-refractivity contribution in [1.82, 2.24) is 19.4 Å². The third kappa shape index (κ3) is 4.77. The molecular weight excluding hydrogens is 440 g/mol. The lowest BCUT2D eigenvalue weighted by Gasteiger charge is -2.32. The van der Waals surface area contributed by atoms with Gasteiger partial charge in [0.05, 0.1) is 29.4 Å². The predicted octanol–water partition coefficient (Wildman–Crippen LogP) is 4.62. The first-order valence-electron chi connectivity index (χ1n) is 12.8. The Bertz CT molecular complexity index is 1200. The van der Waals surface area contributed by atoms with E-state index < -0.39 is 0 Å². The van der Waals surface area contributed by atoms with Crippen molar-refractivity contribution in [1.29, 1.82) is 0 Å². The smallest absolute Gasteiger partial charge is 0.257 e. The van der Waals surface area contributed by atoms with Crippen LogP contribution in [0.5, 0.6) is 5.75 Å². The molecule has 2 fully saturated rings. The van der Waals surface area contributed by atoms with Gasteiger partial charge in [-0.25, -0.2) is 4.52 Å². The molecule has 5 rings (SSSR count). The number of piperidine rings is 2. The predicted molar refractivity (Wildman–Crippen MR) is 135 cm³/mol. The highest BCUT2D eigenvalue weighted by Crippen LogP contribution is 2.31. The van der Waals surface area contributed by atoms with Crippen molar-refractivity contribution < 1.29 is 14.3 Å². The molecular formula is C28H34N4O3. The molecule has 2 aromatic heterocycles. The van der Waals surface area contributed by atoms with Gasteiger partial charge < -0.3 is 14.5 Å². The van der Waals surface area contributed by atoms with Crippen LogP contribution in [0.3, 0.4) is 0 Å². The second-order valence-corrected chi connectivity index (χ2v) is 9.82. The number of para-hydroxylation sites is 1. The zero-order valence-electron chi connectivity index (χ0n) is 20.7. The minimum atomic E-state index is 0.0301. The molecule has 0 bridgehead atoms. The topological polar surface area (TPSA) is 67.2 Å². The molecule has 35 heavy (non-hydrogen) atoms. The van der Waals surface area contributed by atoms with Gasteiger partial charge in [0.1, 0.15) is 5.75 Å². The summed E-state index contributed by atoms with van der Waals surface area (Å²) in [5, 5.41) is 4.43. The third-order valence-electron chi connectivity index (χ3n) is 7.52. The molecule has 4 heterocycles. The number of carbonyl (C=O) groups excluding carboxylic acids is 2. The van der Waals surface area contributed by atoms with E-state index in [0.717, 1.165) is 44.3 Å². The molecule has 0 radical (unpaired) electrons. The molecule has 2 aliphatic rings. The number of aromatic nitrogens is 2. The van der Waals surface area contributed by atoms with E-state index in [4.69, 9.17) is 4.74 Å². The van der Waals surface area contributed by atoms with Gasteiger partial charge in [0.15, 0.2) is 0 Å². The minimum Gasteiger partial charge on any atom is -0.493 e. The van der Waals surface area contributed by atoms with E-state index in [1.165, 1.54) is 5.56 Å². The van der Waals surface area contributed by atoms with E-state index in [0.29, 0.717) is 48.4 Å². The first-order valence-corrected chi connectivity index (χ1v) is 12.8. The average Bonchev–Trinajstić information content (AvgIpc) is 3.32. The maximum absolute atomic E-state index is 13.2. The summed E-state index contributed by atoms with van der Waals surface area (Å²) < 4.78 is 7.46. The number of carbonyl (C=O) groups is 2. The second-order valence-electron chi connectivity index (χ2n) is 9.82. The zero-order chi connectivity index (χ0) is 24.4. The van der Waals surface area contributed by atoms with Crippen LogP contribution in [0.4, 0.5) is 0 Å². The molecule has 184 valence electrons. The van der Waals surface area contributed by atoms with Crippen LogP contribution in [0.25, 0.3) is 5.52 Å². The molecule has 0 N–H and O–H groups in total. The van der Waals surface area contributed by atoms with Gasteiger partial charge in [-0.1, -0.05) is 19.1 Å². The number of rotatable bonds is 5. The summed E-state index contributed by atoms with van der Waals surface area (Å²) in [6.07, 6.45) is 7.55. The van der Waals surface area contributed by atoms with Crippen molar-refractivity contribution in [2.75, 3.05) is 32.8 Å². The van der Waals surface area contributed by atoms with E-state index in [-0.39, 0.29) is 11.8 Å². The SMILES string of the molecule is CCOc1ccccc1C(=O)N1CCC(c2ccn3ncc(C(=O)N4CCC(C)CC4)c3c2)CC1. The van der Waals surface area contributed by atoms with Crippen molar-refractivity contribution in [3.8, 4) is 5.75 Å². The van der Waals surface area contributed by atoms with Gasteiger partial charge in [-0.2, -0.15) is 5.10 Å². The molecule has 0 spiro atoms. The molecule has 0 saturated carbocycles. The van der Waals surface area contributed by atoms with Crippen LogP contribution >= 0.6 is 0 Å². The number of pyridine rings is 1. The van der Waals surface area contributed by atoms with Crippen molar-refractivity contribution in [3.63, 3.8) is 0 Å². The fourth-order valence-corrected chi connectivity index (χ4v) is 5.31. The van der Waals surface area contributed by atoms with Crippen LogP contribution in [0, 0.1) is 5.92 Å². The Morgan fingerprint density at radius 2 is 1.60 bits per heavy atom. The minimum absolute atomic E-state index is 0.0301. The Morgan fingerprint density at radius 3 is 2.31 bits per heavy atom. The molecule has 7 heteroatoms. The number of amides is 2. The summed E-state index contributed by atoms with van der Waals surface area (Å²) in [4.78, 5) is 30.3. The van der Waals surface area contributed by atoms with E-state index in [2.05, 4.69) is 24.2 Å². The van der Waals surface area contributed by atoms with Gasteiger partial charge in [0, 0.05) is 32.4 Å². The first-order chi connectivity index (χ1) is 17.0. The number of likely N-dealkylation sites (tertiary alicyclic amines) is 2. The van der Waals surface area contributed by atoms with E-state index in [9.17, 15) is 9.59 Å². The lowest BCUT2D eigenvalue weighted by Crippen LogP contribution is -2.38. The molecule has 0 atom stereocenters. The molecule has 2 amide bonds. The van der Waals surface area contributed by atoms with Crippen LogP contribution in [0.2, 0.25) is 0 Å². The van der Waals surface area contributed by atoms with Crippen molar-refractivity contribution >= 4 is 17.3 Å². The molecule has 7 nitrogen and oxygen atoms in total. The highest BCUT2D eigenvalue weighted by Gasteiger charge is 2.28. The van der Waals surface area contributed by atoms with Gasteiger partial charge in [-0.05, 0) is 74.3 Å². The fourth-order valence-electron chi connectivity index (χ4n) is 5.31. The standard InChI is InChI=1S/C28H34N4O3/c1-3-35-26-7-5-4-6-23(26)27(33)31-15-10-21(11-16-31)22-12-17-32-25(18-22)24(19-29-32)28(34)30-13-8-20(2)9-14-30/h4-7,12,17-21H,3,8-11,13-16H2,1-2H3. The summed E-state index contributed by atoms with van der Waals surface area (Å²) in [7, 11) is 0. The third-order valence-corrected chi connectivity index (χ3v) is 7.52. The Hall–Kier alpha value is -3.35. The fraction of sp³-hybridized carbons (Fsp3) is 0.464. The van der Waals surface area contributed by atoms with Gasteiger partial charge in [-0.3, -0.25) is 9.59 Å². The Balaban J connectivity index is 1.28. The van der Waals surface area contributed by atoms with Gasteiger partial charge in [-0.15, -0.1) is 0 Å². The summed E-state index contributed by atoms with van der Waals surface area (Å²) in [5.74, 6) is 1.79. The highest BCUT2D eigenvalue weighted by molar-refractivity contribution is 6.00. The summed E-state index contributed by atoms with van der Waals surface area (Å²) in [6, 6.07) is 11.7. The van der Waals surface area contributed by atoms with E-state index in [1.54, 1.807) is 10.7 Å². The molecule has 2 aliphatic heterocycles. The zero-order valence-corrected chi connectivity index (χ0v) is 20.7. The summed E-state index contributed by atoms with van der Waals surface area (Å²) in [6.45, 7) is 7.74. The Morgan fingerprint density at radius 1 is 0.943 bits per heavy atom. The first kappa shape index (κ1) is 23.4. The van der Waals surface area contributed by atoms with Crippen LogP contribution < -0.4 is 4.74 Å². The maximum atomic E-state index is 13.2. The number of nitrogens with zero attached hydrogens (tertiary/aromatic N) is 4. The van der Waals surface area contributed by atoms with Crippen molar-refractivity contribution in [2.24, 2.45) is 5.92 Å². The largest absolute Gasteiger partial charge is 0.493 e. The summed E-state index contributed by atoms with van der Waals surface area (Å²) in [5.41, 5.74) is 3.39. The van der Waals surface area contributed by atoms with Crippen molar-refractivity contribution in [3.05, 3.63) is 65.5 Å². The lowest BCUT2D eigenvalue weighted by molar-refractivity contribution is 0.0694. The number of ether oxygens (including phenoxy) is 1. The molecule has 2 saturated heterocycles. The van der Waals surface area contributed by atoms with Crippen LogP contribution in [-0.4, -0.2) is 64.0 Å². The molecule has 1 aromatic carbocycles. The van der Waals surface area contributed by atoms with E-state index in [1.807, 2.05) is 47.2 Å². The van der Waals surface area contributed by atoms with E-state index >= 15 is 0 Å². The highest BCUT2D eigenvalue weighted by atomic mass is 16.5. The Kier molecular flexibility index (Phi) is 6.75. The van der Waals surface area contributed by atoms with Gasteiger partial charge in [0.25, 0.3) is 11.8 Å². The lowest BCUT2D eigenvalue weighted by atomic mass is 9.89. The average molecular weight is 475 g/mol. The van der Waals surface area contributed by atoms with Gasteiger partial charge >= 0.3 is 0 Å². The summed E-state index contributed by atoms with van der Waals surface area (Å²) >= 11 is 0. The quantitative estimate of drug-likeness (QED) is 0.541. The van der Waals surface area contributed by atoms with Gasteiger partial charge in [0.2, 0.25) is 0 Å². The van der Waals surface area contributed by atoms with Crippen LogP contribution in [0.15, 0.2) is 48.8 Å². The molecule has 0 unspecified atom stereocenters. The number of fused-ring (bicyclic) bond motifs is 1. The molecule has 3 aromatic rings. The Labute approximate surface area is 206 Å². The number of benzene rings is 1. The monoisotopic (exact) mass is 474 g/mol. The molecule has 0 aliphatic carbocycles. The maximum Gasteiger partial charge on any atom is 0.257 e. The van der Waals surface area contributed by atoms with Crippen molar-refractivity contribution in [2.45, 2.75) is 45.4 Å². The second kappa shape index (κ2) is 10.1. The number of hydrogen-bond acceptors (Lipinski definition) is 4. The number of hydrogen-bond donors (Lipinski definition) is 0. The normalized spacial score (nSPS) is 17.7. The van der Waals surface area contributed by atoms with Crippen LogP contribution in [-0.2, 0) is 0 Å².